The largest absolute Gasteiger partial charge is 0.469 e. The summed E-state index contributed by atoms with van der Waals surface area (Å²) >= 11 is 6.21. The molecule has 3 aromatic rings. The second-order valence-corrected chi connectivity index (χ2v) is 8.10. The maximum atomic E-state index is 14.8. The molecule has 0 spiro atoms. The molecule has 1 fully saturated rings. The quantitative estimate of drug-likeness (QED) is 0.597. The summed E-state index contributed by atoms with van der Waals surface area (Å²) in [5, 5.41) is 17.4. The molecule has 2 atom stereocenters. The van der Waals surface area contributed by atoms with Gasteiger partial charge < -0.3 is 14.7 Å². The summed E-state index contributed by atoms with van der Waals surface area (Å²) in [6.07, 6.45) is 0.933. The number of aromatic nitrogens is 5. The zero-order chi connectivity index (χ0) is 23.0. The van der Waals surface area contributed by atoms with Crippen LogP contribution in [0, 0.1) is 13.8 Å². The minimum absolute atomic E-state index is 0.00995. The van der Waals surface area contributed by atoms with Crippen LogP contribution in [0.25, 0.3) is 11.1 Å². The third-order valence-corrected chi connectivity index (χ3v) is 5.98. The third-order valence-electron chi connectivity index (χ3n) is 5.62. The van der Waals surface area contributed by atoms with Gasteiger partial charge in [0.2, 0.25) is 5.88 Å². The van der Waals surface area contributed by atoms with E-state index in [1.54, 1.807) is 17.2 Å². The van der Waals surface area contributed by atoms with Gasteiger partial charge >= 0.3 is 0 Å². The molecule has 0 bridgehead atoms. The number of hydrogen-bond acceptors (Lipinski definition) is 7. The van der Waals surface area contributed by atoms with Crippen molar-refractivity contribution in [3.63, 3.8) is 0 Å². The molecule has 1 N–H and O–H groups in total. The number of alkyl halides is 1. The van der Waals surface area contributed by atoms with Gasteiger partial charge in [0.25, 0.3) is 5.56 Å². The van der Waals surface area contributed by atoms with Crippen LogP contribution in [0.3, 0.4) is 0 Å². The molecule has 170 valence electrons. The number of hydrogen-bond donors (Lipinski definition) is 1. The Labute approximate surface area is 189 Å². The number of rotatable bonds is 6. The zero-order valence-corrected chi connectivity index (χ0v) is 18.8. The predicted molar refractivity (Wildman–Crippen MR) is 118 cm³/mol. The fourth-order valence-corrected chi connectivity index (χ4v) is 4.21. The molecule has 3 aromatic heterocycles. The summed E-state index contributed by atoms with van der Waals surface area (Å²) in [7, 11) is 1.88. The summed E-state index contributed by atoms with van der Waals surface area (Å²) in [6.45, 7) is 3.91. The van der Waals surface area contributed by atoms with Gasteiger partial charge in [-0.1, -0.05) is 11.6 Å². The summed E-state index contributed by atoms with van der Waals surface area (Å²) in [6, 6.07) is 3.64. The van der Waals surface area contributed by atoms with Gasteiger partial charge in [-0.05, 0) is 25.5 Å². The van der Waals surface area contributed by atoms with Gasteiger partial charge in [-0.25, -0.2) is 14.1 Å². The molecule has 4 rings (SSSR count). The van der Waals surface area contributed by atoms with E-state index in [0.717, 1.165) is 27.2 Å². The molecular weight excluding hydrogens is 439 g/mol. The summed E-state index contributed by atoms with van der Waals surface area (Å²) in [5.74, 6) is 0.308. The van der Waals surface area contributed by atoms with E-state index in [1.165, 1.54) is 6.20 Å². The van der Waals surface area contributed by atoms with Crippen LogP contribution in [-0.2, 0) is 13.6 Å². The lowest BCUT2D eigenvalue weighted by molar-refractivity contribution is 0.135. The molecule has 1 saturated heterocycles. The lowest BCUT2D eigenvalue weighted by atomic mass is 10.1. The Balaban J connectivity index is 1.53. The van der Waals surface area contributed by atoms with Crippen LogP contribution < -0.4 is 15.2 Å². The Bertz CT molecular complexity index is 1200. The van der Waals surface area contributed by atoms with Gasteiger partial charge in [0.05, 0.1) is 43.8 Å². The van der Waals surface area contributed by atoms with Crippen molar-refractivity contribution < 1.29 is 14.2 Å². The number of pyridine rings is 1. The minimum Gasteiger partial charge on any atom is -0.469 e. The SMILES string of the molecule is Cc1nn(C)c(C)c1-c1ccnc(O[C@H]2CN(c3cnn(CCO)c(=O)c3Cl)C[C@@H]2F)c1. The standard InChI is InChI=1S/C21H24ClFN6O3/c1-12-19(13(2)27(3)26-12)14-4-5-24-18(8-14)32-17-11-28(10-15(17)23)16-9-25-29(6-7-30)21(31)20(16)22/h4-5,8-9,15,17,30H,6-7,10-11H2,1-3H3/t15-,17-/m0/s1. The number of anilines is 1. The van der Waals surface area contributed by atoms with E-state index < -0.39 is 17.8 Å². The first-order chi connectivity index (χ1) is 15.3. The van der Waals surface area contributed by atoms with Gasteiger partial charge in [-0.15, -0.1) is 0 Å². The van der Waals surface area contributed by atoms with Crippen molar-refractivity contribution in [2.24, 2.45) is 7.05 Å². The summed E-state index contributed by atoms with van der Waals surface area (Å²) < 4.78 is 23.6. The number of aliphatic hydroxyl groups excluding tert-OH is 1. The van der Waals surface area contributed by atoms with E-state index in [-0.39, 0.29) is 31.3 Å². The topological polar surface area (TPSA) is 98.3 Å². The molecule has 4 heterocycles. The smallest absolute Gasteiger partial charge is 0.287 e. The molecular formula is C21H24ClFN6O3. The molecule has 0 amide bonds. The van der Waals surface area contributed by atoms with Crippen molar-refractivity contribution >= 4 is 17.3 Å². The van der Waals surface area contributed by atoms with Gasteiger partial charge in [0.1, 0.15) is 5.02 Å². The second kappa shape index (κ2) is 8.87. The van der Waals surface area contributed by atoms with Crippen molar-refractivity contribution in [3.05, 3.63) is 51.3 Å². The highest BCUT2D eigenvalue weighted by molar-refractivity contribution is 6.33. The Morgan fingerprint density at radius 3 is 2.81 bits per heavy atom. The maximum Gasteiger partial charge on any atom is 0.287 e. The van der Waals surface area contributed by atoms with E-state index in [1.807, 2.05) is 31.6 Å². The molecule has 0 aliphatic carbocycles. The fraction of sp³-hybridized carbons (Fsp3) is 0.429. The first-order valence-corrected chi connectivity index (χ1v) is 10.6. The number of halogens is 2. The molecule has 0 unspecified atom stereocenters. The van der Waals surface area contributed by atoms with Gasteiger partial charge in [-0.3, -0.25) is 9.48 Å². The van der Waals surface area contributed by atoms with E-state index in [4.69, 9.17) is 21.4 Å². The summed E-state index contributed by atoms with van der Waals surface area (Å²) in [5.41, 5.74) is 3.58. The van der Waals surface area contributed by atoms with Crippen molar-refractivity contribution in [1.29, 1.82) is 0 Å². The van der Waals surface area contributed by atoms with E-state index in [0.29, 0.717) is 11.6 Å². The third kappa shape index (κ3) is 4.07. The van der Waals surface area contributed by atoms with Crippen LogP contribution >= 0.6 is 11.6 Å². The molecule has 1 aliphatic rings. The van der Waals surface area contributed by atoms with Crippen LogP contribution in [-0.4, -0.2) is 61.6 Å². The monoisotopic (exact) mass is 462 g/mol. The minimum atomic E-state index is -1.31. The molecule has 0 radical (unpaired) electrons. The van der Waals surface area contributed by atoms with E-state index in [2.05, 4.69) is 15.2 Å². The average molecular weight is 463 g/mol. The first kappa shape index (κ1) is 22.2. The Morgan fingerprint density at radius 1 is 1.34 bits per heavy atom. The normalized spacial score (nSPS) is 18.4. The Kier molecular flexibility index (Phi) is 6.16. The first-order valence-electron chi connectivity index (χ1n) is 10.2. The van der Waals surface area contributed by atoms with Gasteiger partial charge in [0, 0.05) is 30.6 Å². The highest BCUT2D eigenvalue weighted by Crippen LogP contribution is 2.31. The van der Waals surface area contributed by atoms with E-state index in [9.17, 15) is 9.18 Å². The Hall–Kier alpha value is -2.98. The van der Waals surface area contributed by atoms with E-state index >= 15 is 0 Å². The van der Waals surface area contributed by atoms with Crippen LogP contribution in [0.2, 0.25) is 5.02 Å². The van der Waals surface area contributed by atoms with Crippen LogP contribution in [0.4, 0.5) is 10.1 Å². The van der Waals surface area contributed by atoms with Crippen molar-refractivity contribution in [2.75, 3.05) is 24.6 Å². The number of ether oxygens (including phenoxy) is 1. The predicted octanol–water partition coefficient (Wildman–Crippen LogP) is 1.91. The molecule has 0 saturated carbocycles. The van der Waals surface area contributed by atoms with Gasteiger partial charge in [0.15, 0.2) is 12.3 Å². The second-order valence-electron chi connectivity index (χ2n) is 7.73. The highest BCUT2D eigenvalue weighted by Gasteiger charge is 2.36. The fourth-order valence-electron chi connectivity index (χ4n) is 3.95. The average Bonchev–Trinajstić information content (AvgIpc) is 3.24. The number of aryl methyl sites for hydroxylation is 2. The highest BCUT2D eigenvalue weighted by atomic mass is 35.5. The number of aliphatic hydroxyl groups is 1. The molecule has 9 nitrogen and oxygen atoms in total. The van der Waals surface area contributed by atoms with Crippen molar-refractivity contribution in [2.45, 2.75) is 32.7 Å². The lowest BCUT2D eigenvalue weighted by Crippen LogP contribution is -2.30. The molecule has 0 aromatic carbocycles. The maximum absolute atomic E-state index is 14.8. The van der Waals surface area contributed by atoms with Crippen molar-refractivity contribution in [3.8, 4) is 17.0 Å². The summed E-state index contributed by atoms with van der Waals surface area (Å²) in [4.78, 5) is 18.2. The van der Waals surface area contributed by atoms with Crippen molar-refractivity contribution in [1.82, 2.24) is 24.5 Å². The molecule has 11 heteroatoms. The number of nitrogens with zero attached hydrogens (tertiary/aromatic N) is 6. The van der Waals surface area contributed by atoms with Crippen LogP contribution in [0.15, 0.2) is 29.3 Å². The van der Waals surface area contributed by atoms with Gasteiger partial charge in [-0.2, -0.15) is 10.2 Å². The Morgan fingerprint density at radius 2 is 2.12 bits per heavy atom. The molecule has 32 heavy (non-hydrogen) atoms. The molecule has 1 aliphatic heterocycles. The lowest BCUT2D eigenvalue weighted by Gasteiger charge is -2.19. The zero-order valence-electron chi connectivity index (χ0n) is 18.0. The van der Waals surface area contributed by atoms with Crippen LogP contribution in [0.1, 0.15) is 11.4 Å². The van der Waals surface area contributed by atoms with Crippen LogP contribution in [0.5, 0.6) is 5.88 Å².